The number of aromatic nitrogens is 1. The van der Waals surface area contributed by atoms with Crippen molar-refractivity contribution < 1.29 is 54.1 Å². The van der Waals surface area contributed by atoms with Gasteiger partial charge in [0.05, 0.1) is 17.9 Å². The Bertz CT molecular complexity index is 1170. The number of carbonyl (C=O) groups is 1. The standard InChI is InChI=1S/C26H30FNO4S.Na/c1-5-20-15(4)33-26-24(20)23(16-6-8-17(27)9-7-16)21(25(28-26)14(2)3)11-10-18(29)12-19(30)13-22(31)32;/h6-11,14,18-19,29-30H,5,12-13H2,1-4H3,(H,31,32);/q;+1/p-1/b11-10+;/t18-,19-;/m1./s1. The largest absolute Gasteiger partial charge is 1.00 e. The molecule has 2 atom stereocenters. The number of rotatable bonds is 9. The molecule has 0 aliphatic carbocycles. The molecule has 0 unspecified atom stereocenters. The third-order valence-corrected chi connectivity index (χ3v) is 6.68. The number of thiophene rings is 1. The first kappa shape index (κ1) is 28.6. The molecule has 0 fully saturated rings. The van der Waals surface area contributed by atoms with Gasteiger partial charge in [0.1, 0.15) is 10.6 Å². The second-order valence-electron chi connectivity index (χ2n) is 8.51. The predicted octanol–water partition coefficient (Wildman–Crippen LogP) is 1.37. The third kappa shape index (κ3) is 6.53. The van der Waals surface area contributed by atoms with Gasteiger partial charge in [-0.05, 0) is 42.5 Å². The summed E-state index contributed by atoms with van der Waals surface area (Å²) in [6, 6.07) is 6.36. The van der Waals surface area contributed by atoms with Crippen LogP contribution in [0.5, 0.6) is 0 Å². The maximum Gasteiger partial charge on any atom is 1.00 e. The van der Waals surface area contributed by atoms with Crippen molar-refractivity contribution in [1.82, 2.24) is 4.98 Å². The molecule has 0 bridgehead atoms. The van der Waals surface area contributed by atoms with E-state index >= 15 is 0 Å². The fraction of sp³-hybridized carbons (Fsp3) is 0.385. The topological polar surface area (TPSA) is 93.5 Å². The zero-order valence-electron chi connectivity index (χ0n) is 20.3. The van der Waals surface area contributed by atoms with Crippen LogP contribution in [-0.2, 0) is 11.2 Å². The Labute approximate surface area is 225 Å². The Morgan fingerprint density at radius 2 is 1.88 bits per heavy atom. The van der Waals surface area contributed by atoms with Gasteiger partial charge in [-0.25, -0.2) is 9.37 Å². The molecule has 2 heterocycles. The molecule has 176 valence electrons. The summed E-state index contributed by atoms with van der Waals surface area (Å²) < 4.78 is 13.7. The normalized spacial score (nSPS) is 13.4. The van der Waals surface area contributed by atoms with Crippen molar-refractivity contribution in [3.8, 4) is 11.1 Å². The zero-order valence-corrected chi connectivity index (χ0v) is 23.1. The molecule has 34 heavy (non-hydrogen) atoms. The van der Waals surface area contributed by atoms with Crippen LogP contribution in [0.3, 0.4) is 0 Å². The molecule has 5 nitrogen and oxygen atoms in total. The maximum absolute atomic E-state index is 13.7. The summed E-state index contributed by atoms with van der Waals surface area (Å²) in [7, 11) is 0. The first-order valence-corrected chi connectivity index (χ1v) is 11.9. The Hall–Kier alpha value is -1.61. The molecule has 8 heteroatoms. The van der Waals surface area contributed by atoms with Crippen LogP contribution >= 0.6 is 11.3 Å². The SMILES string of the molecule is CCc1c(C)sc2nc(C(C)C)c(/C=C/[C@@H](O)C[C@@H](O)CC(=O)[O-])c(-c3ccc(F)cc3)c12.[Na+]. The Kier molecular flexibility index (Phi) is 10.4. The van der Waals surface area contributed by atoms with Crippen LogP contribution in [0.15, 0.2) is 30.3 Å². The van der Waals surface area contributed by atoms with Crippen molar-refractivity contribution in [3.63, 3.8) is 0 Å². The summed E-state index contributed by atoms with van der Waals surface area (Å²) in [6.45, 7) is 8.26. The maximum atomic E-state index is 13.7. The van der Waals surface area contributed by atoms with Gasteiger partial charge in [-0.3, -0.25) is 0 Å². The smallest absolute Gasteiger partial charge is 0.550 e. The first-order chi connectivity index (χ1) is 15.6. The molecular formula is C26H29FNNaO4S. The van der Waals surface area contributed by atoms with Crippen LogP contribution < -0.4 is 34.7 Å². The minimum Gasteiger partial charge on any atom is -0.550 e. The van der Waals surface area contributed by atoms with E-state index in [1.165, 1.54) is 22.6 Å². The molecule has 0 aliphatic heterocycles. The number of carboxylic acids is 1. The van der Waals surface area contributed by atoms with Gasteiger partial charge >= 0.3 is 29.6 Å². The van der Waals surface area contributed by atoms with Crippen molar-refractivity contribution >= 4 is 33.6 Å². The number of fused-ring (bicyclic) bond motifs is 1. The van der Waals surface area contributed by atoms with E-state index in [2.05, 4.69) is 13.8 Å². The van der Waals surface area contributed by atoms with Gasteiger partial charge in [0.25, 0.3) is 0 Å². The quantitative estimate of drug-likeness (QED) is 0.439. The summed E-state index contributed by atoms with van der Waals surface area (Å²) in [6.07, 6.45) is 1.23. The van der Waals surface area contributed by atoms with Crippen LogP contribution in [0.1, 0.15) is 61.2 Å². The number of aryl methyl sites for hydroxylation is 2. The Balaban J connectivity index is 0.00000408. The van der Waals surface area contributed by atoms with Crippen LogP contribution in [0.2, 0.25) is 0 Å². The van der Waals surface area contributed by atoms with Crippen molar-refractivity contribution in [2.24, 2.45) is 0 Å². The van der Waals surface area contributed by atoms with E-state index < -0.39 is 24.6 Å². The minimum absolute atomic E-state index is 0. The average Bonchev–Trinajstić information content (AvgIpc) is 3.05. The molecule has 2 aromatic heterocycles. The van der Waals surface area contributed by atoms with Crippen molar-refractivity contribution in [1.29, 1.82) is 0 Å². The van der Waals surface area contributed by atoms with Gasteiger partial charge in [-0.15, -0.1) is 11.3 Å². The predicted molar refractivity (Wildman–Crippen MR) is 129 cm³/mol. The molecule has 0 saturated carbocycles. The number of pyridine rings is 1. The number of hydrogen-bond donors (Lipinski definition) is 2. The van der Waals surface area contributed by atoms with Crippen molar-refractivity contribution in [2.45, 2.75) is 65.1 Å². The van der Waals surface area contributed by atoms with Gasteiger partial charge in [0.15, 0.2) is 0 Å². The average molecular weight is 494 g/mol. The van der Waals surface area contributed by atoms with E-state index in [1.54, 1.807) is 35.6 Å². The second-order valence-corrected chi connectivity index (χ2v) is 9.71. The summed E-state index contributed by atoms with van der Waals surface area (Å²) in [4.78, 5) is 17.8. The molecule has 0 aliphatic rings. The number of halogens is 1. The van der Waals surface area contributed by atoms with E-state index in [-0.39, 0.29) is 47.7 Å². The molecule has 1 aromatic carbocycles. The molecule has 0 amide bonds. The number of carbonyl (C=O) groups excluding carboxylic acids is 1. The first-order valence-electron chi connectivity index (χ1n) is 11.1. The summed E-state index contributed by atoms with van der Waals surface area (Å²) in [5.41, 5.74) is 4.65. The number of nitrogens with zero attached hydrogens (tertiary/aromatic N) is 1. The van der Waals surface area contributed by atoms with Crippen LogP contribution in [-0.4, -0.2) is 33.4 Å². The van der Waals surface area contributed by atoms with Gasteiger partial charge in [0, 0.05) is 40.2 Å². The number of aliphatic carboxylic acids is 1. The van der Waals surface area contributed by atoms with Gasteiger partial charge in [-0.1, -0.05) is 45.1 Å². The van der Waals surface area contributed by atoms with E-state index in [1.807, 2.05) is 13.8 Å². The van der Waals surface area contributed by atoms with Crippen LogP contribution in [0.25, 0.3) is 27.4 Å². The minimum atomic E-state index is -1.37. The number of hydrogen-bond acceptors (Lipinski definition) is 6. The Morgan fingerprint density at radius 3 is 2.44 bits per heavy atom. The van der Waals surface area contributed by atoms with Gasteiger partial charge in [0.2, 0.25) is 0 Å². The molecule has 3 aromatic rings. The van der Waals surface area contributed by atoms with Gasteiger partial charge < -0.3 is 20.1 Å². The van der Waals surface area contributed by atoms with E-state index in [0.29, 0.717) is 0 Å². The van der Waals surface area contributed by atoms with Crippen LogP contribution in [0.4, 0.5) is 4.39 Å². The molecule has 0 radical (unpaired) electrons. The van der Waals surface area contributed by atoms with E-state index in [9.17, 15) is 24.5 Å². The molecule has 0 spiro atoms. The van der Waals surface area contributed by atoms with Gasteiger partial charge in [-0.2, -0.15) is 0 Å². The monoisotopic (exact) mass is 493 g/mol. The summed E-state index contributed by atoms with van der Waals surface area (Å²) in [5, 5.41) is 32.0. The summed E-state index contributed by atoms with van der Waals surface area (Å²) in [5.74, 6) is -1.60. The number of carboxylic acid groups (broad SMARTS) is 1. The zero-order chi connectivity index (χ0) is 24.3. The number of aliphatic hydroxyl groups excluding tert-OH is 2. The number of aliphatic hydroxyl groups is 2. The third-order valence-electron chi connectivity index (χ3n) is 5.64. The van der Waals surface area contributed by atoms with E-state index in [0.717, 1.165) is 39.0 Å². The van der Waals surface area contributed by atoms with Crippen molar-refractivity contribution in [2.75, 3.05) is 0 Å². The number of benzene rings is 1. The second kappa shape index (κ2) is 12.4. The summed E-state index contributed by atoms with van der Waals surface area (Å²) >= 11 is 1.64. The fourth-order valence-electron chi connectivity index (χ4n) is 4.12. The van der Waals surface area contributed by atoms with E-state index in [4.69, 9.17) is 4.98 Å². The molecular weight excluding hydrogens is 464 g/mol. The molecule has 2 N–H and O–H groups in total. The fourth-order valence-corrected chi connectivity index (χ4v) is 5.25. The molecule has 0 saturated heterocycles. The Morgan fingerprint density at radius 1 is 1.24 bits per heavy atom. The molecule has 3 rings (SSSR count). The van der Waals surface area contributed by atoms with Crippen molar-refractivity contribution in [3.05, 3.63) is 57.9 Å². The van der Waals surface area contributed by atoms with Crippen LogP contribution in [0, 0.1) is 12.7 Å².